The summed E-state index contributed by atoms with van der Waals surface area (Å²) in [5.74, 6) is 1.10. The number of para-hydroxylation sites is 1. The van der Waals surface area contributed by atoms with E-state index in [1.807, 2.05) is 30.3 Å². The summed E-state index contributed by atoms with van der Waals surface area (Å²) in [6.45, 7) is 3.26. The summed E-state index contributed by atoms with van der Waals surface area (Å²) in [5.41, 5.74) is 0.844. The zero-order chi connectivity index (χ0) is 16.3. The molecule has 122 valence electrons. The molecule has 0 aliphatic carbocycles. The molecule has 0 unspecified atom stereocenters. The van der Waals surface area contributed by atoms with Gasteiger partial charge in [0.15, 0.2) is 0 Å². The van der Waals surface area contributed by atoms with Gasteiger partial charge in [-0.15, -0.1) is 0 Å². The number of piperazine rings is 1. The summed E-state index contributed by atoms with van der Waals surface area (Å²) in [4.78, 5) is 10.4. The number of rotatable bonds is 4. The number of sulfone groups is 1. The van der Waals surface area contributed by atoms with Crippen LogP contribution < -0.4 is 15.5 Å². The highest BCUT2D eigenvalue weighted by Gasteiger charge is 2.19. The molecule has 0 spiro atoms. The number of benzene rings is 1. The second-order valence-electron chi connectivity index (χ2n) is 5.39. The molecular formula is C15H19N5O2S. The fourth-order valence-electron chi connectivity index (χ4n) is 2.37. The van der Waals surface area contributed by atoms with E-state index in [9.17, 15) is 8.42 Å². The Bertz CT molecular complexity index is 774. The number of nitrogens with zero attached hydrogens (tertiary/aromatic N) is 3. The largest absolute Gasteiger partial charge is 0.354 e. The van der Waals surface area contributed by atoms with Crippen molar-refractivity contribution in [1.82, 2.24) is 15.3 Å². The lowest BCUT2D eigenvalue weighted by atomic mass is 10.3. The molecule has 0 radical (unpaired) electrons. The van der Waals surface area contributed by atoms with E-state index in [4.69, 9.17) is 0 Å². The highest BCUT2D eigenvalue weighted by atomic mass is 32.2. The van der Waals surface area contributed by atoms with Crippen molar-refractivity contribution in [2.75, 3.05) is 42.7 Å². The first-order valence-electron chi connectivity index (χ1n) is 7.39. The number of hydrogen-bond acceptors (Lipinski definition) is 7. The van der Waals surface area contributed by atoms with Crippen molar-refractivity contribution in [3.8, 4) is 0 Å². The maximum absolute atomic E-state index is 11.9. The van der Waals surface area contributed by atoms with Crippen molar-refractivity contribution in [3.63, 3.8) is 0 Å². The lowest BCUT2D eigenvalue weighted by Crippen LogP contribution is -2.44. The molecule has 0 saturated carbocycles. The zero-order valence-electron chi connectivity index (χ0n) is 12.9. The first kappa shape index (κ1) is 15.7. The summed E-state index contributed by atoms with van der Waals surface area (Å²) < 4.78 is 23.8. The predicted molar refractivity (Wildman–Crippen MR) is 89.9 cm³/mol. The molecule has 0 amide bonds. The van der Waals surface area contributed by atoms with Crippen LogP contribution in [0.4, 0.5) is 17.3 Å². The Hall–Kier alpha value is -2.19. The number of aromatic nitrogens is 2. The molecule has 1 aromatic heterocycles. The average Bonchev–Trinajstić information content (AvgIpc) is 2.55. The topological polar surface area (TPSA) is 87.2 Å². The van der Waals surface area contributed by atoms with Gasteiger partial charge in [-0.3, -0.25) is 0 Å². The molecule has 1 aliphatic rings. The van der Waals surface area contributed by atoms with Crippen molar-refractivity contribution in [2.45, 2.75) is 5.16 Å². The third kappa shape index (κ3) is 3.96. The van der Waals surface area contributed by atoms with E-state index in [0.717, 1.165) is 38.1 Å². The minimum atomic E-state index is -3.48. The van der Waals surface area contributed by atoms with Gasteiger partial charge in [-0.25, -0.2) is 18.4 Å². The van der Waals surface area contributed by atoms with Crippen molar-refractivity contribution >= 4 is 27.2 Å². The Morgan fingerprint density at radius 1 is 1.13 bits per heavy atom. The SMILES string of the molecule is CS(=O)(=O)c1nc(Nc2ccccc2)cc(N2CCNCC2)n1. The van der Waals surface area contributed by atoms with Gasteiger partial charge in [0.25, 0.3) is 5.16 Å². The highest BCUT2D eigenvalue weighted by molar-refractivity contribution is 7.90. The second kappa shape index (κ2) is 6.51. The summed E-state index contributed by atoms with van der Waals surface area (Å²) in [6, 6.07) is 11.3. The van der Waals surface area contributed by atoms with Crippen LogP contribution in [0, 0.1) is 0 Å². The van der Waals surface area contributed by atoms with Crippen molar-refractivity contribution < 1.29 is 8.42 Å². The Morgan fingerprint density at radius 2 is 1.83 bits per heavy atom. The van der Waals surface area contributed by atoms with Crippen LogP contribution in [-0.2, 0) is 9.84 Å². The number of anilines is 3. The quantitative estimate of drug-likeness (QED) is 0.808. The minimum Gasteiger partial charge on any atom is -0.354 e. The van der Waals surface area contributed by atoms with Crippen LogP contribution >= 0.6 is 0 Å². The predicted octanol–water partition coefficient (Wildman–Crippen LogP) is 1.03. The summed E-state index contributed by atoms with van der Waals surface area (Å²) in [7, 11) is -3.48. The van der Waals surface area contributed by atoms with E-state index in [1.165, 1.54) is 0 Å². The molecule has 0 atom stereocenters. The van der Waals surface area contributed by atoms with E-state index in [2.05, 4.69) is 25.5 Å². The fraction of sp³-hybridized carbons (Fsp3) is 0.333. The van der Waals surface area contributed by atoms with Crippen LogP contribution in [0.25, 0.3) is 0 Å². The van der Waals surface area contributed by atoms with Gasteiger partial charge in [0.2, 0.25) is 9.84 Å². The average molecular weight is 333 g/mol. The molecule has 1 aliphatic heterocycles. The molecule has 3 rings (SSSR count). The highest BCUT2D eigenvalue weighted by Crippen LogP contribution is 2.21. The van der Waals surface area contributed by atoms with E-state index < -0.39 is 9.84 Å². The minimum absolute atomic E-state index is 0.160. The van der Waals surface area contributed by atoms with E-state index in [1.54, 1.807) is 6.07 Å². The van der Waals surface area contributed by atoms with Gasteiger partial charge in [-0.1, -0.05) is 18.2 Å². The Labute approximate surface area is 135 Å². The molecule has 2 N–H and O–H groups in total. The molecule has 7 nitrogen and oxygen atoms in total. The molecule has 2 aromatic rings. The first-order valence-corrected chi connectivity index (χ1v) is 9.28. The Balaban J connectivity index is 1.97. The van der Waals surface area contributed by atoms with Crippen LogP contribution in [0.15, 0.2) is 41.6 Å². The number of hydrogen-bond donors (Lipinski definition) is 2. The lowest BCUT2D eigenvalue weighted by Gasteiger charge is -2.28. The van der Waals surface area contributed by atoms with Crippen LogP contribution in [-0.4, -0.2) is 50.8 Å². The van der Waals surface area contributed by atoms with Crippen LogP contribution in [0.1, 0.15) is 0 Å². The molecule has 1 aromatic carbocycles. The van der Waals surface area contributed by atoms with E-state index in [-0.39, 0.29) is 5.16 Å². The van der Waals surface area contributed by atoms with Crippen molar-refractivity contribution in [3.05, 3.63) is 36.4 Å². The van der Waals surface area contributed by atoms with Crippen molar-refractivity contribution in [1.29, 1.82) is 0 Å². The summed E-state index contributed by atoms with van der Waals surface area (Å²) in [6.07, 6.45) is 1.12. The smallest absolute Gasteiger partial charge is 0.250 e. The third-order valence-electron chi connectivity index (χ3n) is 3.51. The summed E-state index contributed by atoms with van der Waals surface area (Å²) >= 11 is 0. The maximum Gasteiger partial charge on any atom is 0.250 e. The molecule has 23 heavy (non-hydrogen) atoms. The normalized spacial score (nSPS) is 15.4. The fourth-order valence-corrected chi connectivity index (χ4v) is 2.89. The van der Waals surface area contributed by atoms with E-state index >= 15 is 0 Å². The molecule has 1 saturated heterocycles. The van der Waals surface area contributed by atoms with Gasteiger partial charge in [-0.05, 0) is 12.1 Å². The number of nitrogens with one attached hydrogen (secondary N) is 2. The standard InChI is InChI=1S/C15H19N5O2S/c1-23(21,22)15-18-13(17-12-5-3-2-4-6-12)11-14(19-15)20-9-7-16-8-10-20/h2-6,11,16H,7-10H2,1H3,(H,17,18,19). The van der Waals surface area contributed by atoms with E-state index in [0.29, 0.717) is 11.6 Å². The molecule has 1 fully saturated rings. The monoisotopic (exact) mass is 333 g/mol. The van der Waals surface area contributed by atoms with Gasteiger partial charge >= 0.3 is 0 Å². The second-order valence-corrected chi connectivity index (χ2v) is 7.30. The zero-order valence-corrected chi connectivity index (χ0v) is 13.7. The molecule has 8 heteroatoms. The van der Waals surface area contributed by atoms with Crippen LogP contribution in [0.2, 0.25) is 0 Å². The maximum atomic E-state index is 11.9. The van der Waals surface area contributed by atoms with Gasteiger partial charge in [-0.2, -0.15) is 0 Å². The molecule has 2 heterocycles. The molecular weight excluding hydrogens is 314 g/mol. The Morgan fingerprint density at radius 3 is 2.48 bits per heavy atom. The van der Waals surface area contributed by atoms with Crippen LogP contribution in [0.5, 0.6) is 0 Å². The van der Waals surface area contributed by atoms with Gasteiger partial charge in [0.1, 0.15) is 11.6 Å². The van der Waals surface area contributed by atoms with Crippen LogP contribution in [0.3, 0.4) is 0 Å². The Kier molecular flexibility index (Phi) is 4.44. The van der Waals surface area contributed by atoms with Gasteiger partial charge in [0.05, 0.1) is 0 Å². The third-order valence-corrected chi connectivity index (χ3v) is 4.36. The van der Waals surface area contributed by atoms with Crippen molar-refractivity contribution in [2.24, 2.45) is 0 Å². The van der Waals surface area contributed by atoms with Gasteiger partial charge in [0, 0.05) is 44.2 Å². The lowest BCUT2D eigenvalue weighted by molar-refractivity contribution is 0.577. The first-order chi connectivity index (χ1) is 11.0. The summed E-state index contributed by atoms with van der Waals surface area (Å²) in [5, 5.41) is 6.24. The molecule has 0 bridgehead atoms. The van der Waals surface area contributed by atoms with Gasteiger partial charge < -0.3 is 15.5 Å².